The van der Waals surface area contributed by atoms with Crippen LogP contribution in [0.25, 0.3) is 21.9 Å². The maximum atomic E-state index is 13.3. The van der Waals surface area contributed by atoms with Crippen LogP contribution in [0, 0.1) is 0 Å². The molecule has 0 amide bonds. The van der Waals surface area contributed by atoms with Gasteiger partial charge in [0, 0.05) is 36.8 Å². The fourth-order valence-electron chi connectivity index (χ4n) is 3.01. The zero-order chi connectivity index (χ0) is 13.7. The average Bonchev–Trinajstić information content (AvgIpc) is 3.03. The summed E-state index contributed by atoms with van der Waals surface area (Å²) < 4.78 is 15.4. The lowest BCUT2D eigenvalue weighted by molar-refractivity contribution is 0.364. The molecule has 0 N–H and O–H groups in total. The van der Waals surface area contributed by atoms with Gasteiger partial charge in [0.25, 0.3) is 0 Å². The Morgan fingerprint density at radius 2 is 2.15 bits per heavy atom. The lowest BCUT2D eigenvalue weighted by Gasteiger charge is -2.16. The molecular formula is C15H15FN4. The molecule has 4 heterocycles. The first-order chi connectivity index (χ1) is 9.74. The minimum absolute atomic E-state index is 0.448. The second-order valence-electron chi connectivity index (χ2n) is 5.32. The number of anilines is 1. The number of nitrogens with zero attached hydrogens (tertiary/aromatic N) is 4. The number of fused-ring (bicyclic) bond motifs is 3. The van der Waals surface area contributed by atoms with Crippen molar-refractivity contribution in [2.45, 2.75) is 12.6 Å². The van der Waals surface area contributed by atoms with Crippen LogP contribution in [0.2, 0.25) is 0 Å². The third-order valence-corrected chi connectivity index (χ3v) is 4.08. The lowest BCUT2D eigenvalue weighted by Crippen LogP contribution is -2.21. The number of aryl methyl sites for hydroxylation is 1. The van der Waals surface area contributed by atoms with E-state index in [1.54, 1.807) is 6.20 Å². The van der Waals surface area contributed by atoms with Gasteiger partial charge in [-0.3, -0.25) is 4.98 Å². The van der Waals surface area contributed by atoms with E-state index < -0.39 is 6.17 Å². The molecule has 0 bridgehead atoms. The second-order valence-corrected chi connectivity index (χ2v) is 5.32. The van der Waals surface area contributed by atoms with E-state index in [1.807, 2.05) is 30.3 Å². The van der Waals surface area contributed by atoms with Crippen molar-refractivity contribution in [3.63, 3.8) is 0 Å². The van der Waals surface area contributed by atoms with Crippen molar-refractivity contribution in [1.82, 2.24) is 14.5 Å². The van der Waals surface area contributed by atoms with Crippen LogP contribution in [-0.2, 0) is 7.05 Å². The number of hydrogen-bond donors (Lipinski definition) is 0. The molecule has 1 aliphatic rings. The molecule has 0 aromatic carbocycles. The maximum Gasteiger partial charge on any atom is 0.143 e. The normalized spacial score (nSPS) is 19.3. The summed E-state index contributed by atoms with van der Waals surface area (Å²) in [5, 5.41) is 2.20. The molecule has 1 atom stereocenters. The van der Waals surface area contributed by atoms with Crippen molar-refractivity contribution < 1.29 is 4.39 Å². The highest BCUT2D eigenvalue weighted by Gasteiger charge is 2.23. The van der Waals surface area contributed by atoms with Gasteiger partial charge in [-0.05, 0) is 24.6 Å². The Labute approximate surface area is 115 Å². The van der Waals surface area contributed by atoms with Gasteiger partial charge in [-0.1, -0.05) is 0 Å². The monoisotopic (exact) mass is 270 g/mol. The van der Waals surface area contributed by atoms with Crippen LogP contribution in [0.15, 0.2) is 30.6 Å². The summed E-state index contributed by atoms with van der Waals surface area (Å²) in [6.45, 7) is 1.19. The zero-order valence-electron chi connectivity index (χ0n) is 11.3. The third kappa shape index (κ3) is 1.59. The van der Waals surface area contributed by atoms with E-state index in [0.29, 0.717) is 13.0 Å². The van der Waals surface area contributed by atoms with Crippen LogP contribution in [-0.4, -0.2) is 33.8 Å². The molecule has 1 unspecified atom stereocenters. The number of halogens is 1. The van der Waals surface area contributed by atoms with Crippen LogP contribution in [0.4, 0.5) is 10.2 Å². The largest absolute Gasteiger partial charge is 0.354 e. The first-order valence-corrected chi connectivity index (χ1v) is 6.82. The van der Waals surface area contributed by atoms with Gasteiger partial charge >= 0.3 is 0 Å². The van der Waals surface area contributed by atoms with Crippen molar-refractivity contribution in [3.8, 4) is 0 Å². The maximum absolute atomic E-state index is 13.3. The quantitative estimate of drug-likeness (QED) is 0.681. The Morgan fingerprint density at radius 1 is 1.25 bits per heavy atom. The smallest absolute Gasteiger partial charge is 0.143 e. The molecule has 0 radical (unpaired) electrons. The highest BCUT2D eigenvalue weighted by atomic mass is 19.1. The lowest BCUT2D eigenvalue weighted by atomic mass is 10.2. The Bertz CT molecular complexity index is 795. The highest BCUT2D eigenvalue weighted by molar-refractivity contribution is 6.06. The fraction of sp³-hybridized carbons (Fsp3) is 0.333. The van der Waals surface area contributed by atoms with Crippen molar-refractivity contribution in [3.05, 3.63) is 30.6 Å². The summed E-state index contributed by atoms with van der Waals surface area (Å²) in [6.07, 6.45) is 3.52. The van der Waals surface area contributed by atoms with Gasteiger partial charge in [-0.2, -0.15) is 0 Å². The van der Waals surface area contributed by atoms with Gasteiger partial charge in [-0.25, -0.2) is 9.37 Å². The summed E-state index contributed by atoms with van der Waals surface area (Å²) >= 11 is 0. The summed E-state index contributed by atoms with van der Waals surface area (Å²) in [5.41, 5.74) is 2.04. The van der Waals surface area contributed by atoms with Gasteiger partial charge < -0.3 is 9.47 Å². The molecule has 1 fully saturated rings. The van der Waals surface area contributed by atoms with Gasteiger partial charge in [0.1, 0.15) is 17.6 Å². The molecule has 1 saturated heterocycles. The van der Waals surface area contributed by atoms with Gasteiger partial charge in [0.05, 0.1) is 12.1 Å². The highest BCUT2D eigenvalue weighted by Crippen LogP contribution is 2.29. The number of pyridine rings is 2. The van der Waals surface area contributed by atoms with E-state index in [4.69, 9.17) is 4.98 Å². The molecule has 3 aromatic heterocycles. The fourth-order valence-corrected chi connectivity index (χ4v) is 3.01. The number of aromatic nitrogens is 3. The first kappa shape index (κ1) is 11.6. The Balaban J connectivity index is 1.91. The minimum Gasteiger partial charge on any atom is -0.354 e. The predicted molar refractivity (Wildman–Crippen MR) is 77.7 cm³/mol. The van der Waals surface area contributed by atoms with Gasteiger partial charge in [0.15, 0.2) is 0 Å². The molecule has 20 heavy (non-hydrogen) atoms. The topological polar surface area (TPSA) is 34.0 Å². The van der Waals surface area contributed by atoms with Crippen molar-refractivity contribution in [2.24, 2.45) is 7.05 Å². The van der Waals surface area contributed by atoms with E-state index >= 15 is 0 Å². The van der Waals surface area contributed by atoms with Crippen LogP contribution in [0.5, 0.6) is 0 Å². The molecular weight excluding hydrogens is 255 g/mol. The van der Waals surface area contributed by atoms with Gasteiger partial charge in [0.2, 0.25) is 0 Å². The van der Waals surface area contributed by atoms with Crippen LogP contribution >= 0.6 is 0 Å². The van der Waals surface area contributed by atoms with E-state index in [2.05, 4.69) is 15.6 Å². The van der Waals surface area contributed by atoms with Crippen LogP contribution in [0.3, 0.4) is 0 Å². The molecule has 3 aromatic rings. The number of alkyl halides is 1. The van der Waals surface area contributed by atoms with Crippen LogP contribution < -0.4 is 4.90 Å². The molecule has 1 aliphatic heterocycles. The number of hydrogen-bond acceptors (Lipinski definition) is 3. The van der Waals surface area contributed by atoms with Crippen molar-refractivity contribution >= 4 is 27.8 Å². The summed E-state index contributed by atoms with van der Waals surface area (Å²) in [5.74, 6) is 0.858. The van der Waals surface area contributed by atoms with E-state index in [0.717, 1.165) is 34.3 Å². The molecule has 0 saturated carbocycles. The SMILES string of the molecule is Cn1c2ccncc2c2ccc(N3CCC(F)C3)nc21. The summed E-state index contributed by atoms with van der Waals surface area (Å²) in [4.78, 5) is 10.9. The molecule has 0 aliphatic carbocycles. The van der Waals surface area contributed by atoms with Crippen molar-refractivity contribution in [2.75, 3.05) is 18.0 Å². The molecule has 102 valence electrons. The van der Waals surface area contributed by atoms with Gasteiger partial charge in [-0.15, -0.1) is 0 Å². The molecule has 4 rings (SSSR count). The van der Waals surface area contributed by atoms with E-state index in [9.17, 15) is 4.39 Å². The van der Waals surface area contributed by atoms with Crippen molar-refractivity contribution in [1.29, 1.82) is 0 Å². The van der Waals surface area contributed by atoms with E-state index in [-0.39, 0.29) is 0 Å². The third-order valence-electron chi connectivity index (χ3n) is 4.08. The summed E-state index contributed by atoms with van der Waals surface area (Å²) in [7, 11) is 2.00. The van der Waals surface area contributed by atoms with E-state index in [1.165, 1.54) is 0 Å². The Morgan fingerprint density at radius 3 is 2.95 bits per heavy atom. The molecule has 5 heteroatoms. The first-order valence-electron chi connectivity index (χ1n) is 6.82. The molecule has 4 nitrogen and oxygen atoms in total. The Kier molecular flexibility index (Phi) is 2.42. The Hall–Kier alpha value is -2.17. The minimum atomic E-state index is -0.732. The predicted octanol–water partition coefficient (Wildman–Crippen LogP) is 2.67. The average molecular weight is 270 g/mol. The second kappa shape index (κ2) is 4.16. The standard InChI is InChI=1S/C15H15FN4/c1-19-13-4-6-17-8-12(13)11-2-3-14(18-15(11)19)20-7-5-10(16)9-20/h2-4,6,8,10H,5,7,9H2,1H3. The van der Waals surface area contributed by atoms with Crippen LogP contribution in [0.1, 0.15) is 6.42 Å². The summed E-state index contributed by atoms with van der Waals surface area (Å²) in [6, 6.07) is 6.03. The zero-order valence-corrected chi connectivity index (χ0v) is 11.3. The molecule has 0 spiro atoms. The number of rotatable bonds is 1.